The highest BCUT2D eigenvalue weighted by Gasteiger charge is 2.36. The summed E-state index contributed by atoms with van der Waals surface area (Å²) in [6.07, 6.45) is -4.37. The second-order valence-electron chi connectivity index (χ2n) is 4.66. The molecule has 1 aromatic carbocycles. The summed E-state index contributed by atoms with van der Waals surface area (Å²) in [6.45, 7) is 4.81. The molecule has 2 nitrogen and oxygen atoms in total. The van der Waals surface area contributed by atoms with Crippen LogP contribution in [0.15, 0.2) is 18.2 Å². The van der Waals surface area contributed by atoms with Crippen LogP contribution in [0.1, 0.15) is 24.1 Å². The van der Waals surface area contributed by atoms with Crippen LogP contribution in [0.25, 0.3) is 0 Å². The van der Waals surface area contributed by atoms with Gasteiger partial charge in [0.2, 0.25) is 0 Å². The van der Waals surface area contributed by atoms with Crippen LogP contribution in [0.2, 0.25) is 5.02 Å². The minimum absolute atomic E-state index is 0. The lowest BCUT2D eigenvalue weighted by Gasteiger charge is -2.34. The number of nitrogens with zero attached hydrogens (tertiary/aromatic N) is 1. The highest BCUT2D eigenvalue weighted by Crippen LogP contribution is 2.39. The lowest BCUT2D eigenvalue weighted by molar-refractivity contribution is -0.138. The molecule has 2 rings (SSSR count). The summed E-state index contributed by atoms with van der Waals surface area (Å²) in [6, 6.07) is 3.62. The van der Waals surface area contributed by atoms with Gasteiger partial charge in [-0.2, -0.15) is 13.2 Å². The molecule has 20 heavy (non-hydrogen) atoms. The first-order valence-corrected chi connectivity index (χ1v) is 6.59. The van der Waals surface area contributed by atoms with Crippen molar-refractivity contribution in [3.8, 4) is 0 Å². The molecule has 1 atom stereocenters. The number of halogens is 5. The molecule has 0 radical (unpaired) electrons. The van der Waals surface area contributed by atoms with Gasteiger partial charge >= 0.3 is 6.18 Å². The topological polar surface area (TPSA) is 15.3 Å². The van der Waals surface area contributed by atoms with E-state index < -0.39 is 11.7 Å². The average molecular weight is 329 g/mol. The maximum atomic E-state index is 13.1. The van der Waals surface area contributed by atoms with E-state index >= 15 is 0 Å². The molecule has 1 N–H and O–H groups in total. The normalized spacial score (nSPS) is 18.4. The smallest absolute Gasteiger partial charge is 0.314 e. The first-order valence-electron chi connectivity index (χ1n) is 6.21. The van der Waals surface area contributed by atoms with E-state index in [-0.39, 0.29) is 29.0 Å². The molecule has 7 heteroatoms. The summed E-state index contributed by atoms with van der Waals surface area (Å²) in [4.78, 5) is 2.02. The Bertz CT molecular complexity index is 446. The molecule has 0 aromatic heterocycles. The lowest BCUT2D eigenvalue weighted by atomic mass is 9.99. The van der Waals surface area contributed by atoms with Gasteiger partial charge in [0.1, 0.15) is 0 Å². The summed E-state index contributed by atoms with van der Waals surface area (Å²) >= 11 is 6.01. The summed E-state index contributed by atoms with van der Waals surface area (Å²) in [5, 5.41) is 3.36. The molecule has 0 bridgehead atoms. The molecule has 1 aromatic rings. The molecule has 1 aliphatic heterocycles. The van der Waals surface area contributed by atoms with E-state index in [2.05, 4.69) is 5.32 Å². The van der Waals surface area contributed by atoms with Crippen LogP contribution in [0, 0.1) is 0 Å². The van der Waals surface area contributed by atoms with Crippen molar-refractivity contribution in [1.82, 2.24) is 10.2 Å². The molecule has 0 aliphatic carbocycles. The molecule has 1 aliphatic rings. The molecule has 1 fully saturated rings. The number of nitrogens with one attached hydrogen (secondary N) is 1. The zero-order valence-corrected chi connectivity index (χ0v) is 12.6. The van der Waals surface area contributed by atoms with Gasteiger partial charge in [0, 0.05) is 37.2 Å². The number of alkyl halides is 3. The molecule has 1 heterocycles. The predicted molar refractivity (Wildman–Crippen MR) is 76.6 cm³/mol. The third kappa shape index (κ3) is 3.79. The van der Waals surface area contributed by atoms with E-state index in [4.69, 9.17) is 11.6 Å². The number of rotatable bonds is 2. The van der Waals surface area contributed by atoms with E-state index in [1.165, 1.54) is 12.1 Å². The largest absolute Gasteiger partial charge is 0.416 e. The van der Waals surface area contributed by atoms with Crippen LogP contribution in [-0.2, 0) is 6.18 Å². The fraction of sp³-hybridized carbons (Fsp3) is 0.538. The van der Waals surface area contributed by atoms with Crippen LogP contribution in [0.4, 0.5) is 13.2 Å². The van der Waals surface area contributed by atoms with Gasteiger partial charge in [-0.05, 0) is 24.6 Å². The monoisotopic (exact) mass is 328 g/mol. The summed E-state index contributed by atoms with van der Waals surface area (Å²) in [5.74, 6) is 0. The van der Waals surface area contributed by atoms with Gasteiger partial charge in [-0.25, -0.2) is 0 Å². The highest BCUT2D eigenvalue weighted by atomic mass is 35.5. The van der Waals surface area contributed by atoms with Gasteiger partial charge in [0.05, 0.1) is 5.56 Å². The Morgan fingerprint density at radius 3 is 2.40 bits per heavy atom. The Labute approximate surface area is 127 Å². The van der Waals surface area contributed by atoms with Crippen molar-refractivity contribution in [3.63, 3.8) is 0 Å². The van der Waals surface area contributed by atoms with Gasteiger partial charge in [-0.1, -0.05) is 17.7 Å². The van der Waals surface area contributed by atoms with Crippen molar-refractivity contribution >= 4 is 24.0 Å². The molecule has 1 saturated heterocycles. The van der Waals surface area contributed by atoms with E-state index in [1.54, 1.807) is 6.92 Å². The van der Waals surface area contributed by atoms with Crippen LogP contribution >= 0.6 is 24.0 Å². The van der Waals surface area contributed by atoms with Crippen molar-refractivity contribution < 1.29 is 13.2 Å². The number of hydrogen-bond acceptors (Lipinski definition) is 2. The predicted octanol–water partition coefficient (Wildman–Crippen LogP) is 3.75. The quantitative estimate of drug-likeness (QED) is 0.889. The van der Waals surface area contributed by atoms with Crippen molar-refractivity contribution in [2.45, 2.75) is 19.1 Å². The molecule has 114 valence electrons. The SMILES string of the molecule is C[C@@H](c1c(Cl)cccc1C(F)(F)F)N1CCNCC1.Cl. The molecule has 0 unspecified atom stereocenters. The van der Waals surface area contributed by atoms with Gasteiger partial charge in [0.15, 0.2) is 0 Å². The molecule has 0 saturated carbocycles. The van der Waals surface area contributed by atoms with Gasteiger partial charge < -0.3 is 5.32 Å². The van der Waals surface area contributed by atoms with Crippen LogP contribution < -0.4 is 5.32 Å². The number of piperazine rings is 1. The maximum Gasteiger partial charge on any atom is 0.416 e. The third-order valence-corrected chi connectivity index (χ3v) is 3.80. The van der Waals surface area contributed by atoms with Crippen LogP contribution in [0.3, 0.4) is 0 Å². The first kappa shape index (κ1) is 17.6. The Morgan fingerprint density at radius 1 is 1.25 bits per heavy atom. The minimum atomic E-state index is -4.37. The molecule has 0 spiro atoms. The van der Waals surface area contributed by atoms with Gasteiger partial charge in [-0.3, -0.25) is 4.90 Å². The van der Waals surface area contributed by atoms with Crippen molar-refractivity contribution in [2.24, 2.45) is 0 Å². The minimum Gasteiger partial charge on any atom is -0.314 e. The Balaban J connectivity index is 0.00000200. The summed E-state index contributed by atoms with van der Waals surface area (Å²) in [5.41, 5.74) is -0.454. The van der Waals surface area contributed by atoms with Gasteiger partial charge in [-0.15, -0.1) is 12.4 Å². The average Bonchev–Trinajstić information content (AvgIpc) is 2.37. The first-order chi connectivity index (χ1) is 8.91. The van der Waals surface area contributed by atoms with E-state index in [0.717, 1.165) is 32.2 Å². The second kappa shape index (κ2) is 6.98. The zero-order chi connectivity index (χ0) is 14.0. The fourth-order valence-corrected chi connectivity index (χ4v) is 2.79. The third-order valence-electron chi connectivity index (χ3n) is 3.48. The standard InChI is InChI=1S/C13H16ClF3N2.ClH/c1-9(19-7-5-18-6-8-19)12-10(13(15,16)17)3-2-4-11(12)14;/h2-4,9,18H,5-8H2,1H3;1H/t9-;/m0./s1. The lowest BCUT2D eigenvalue weighted by Crippen LogP contribution is -2.44. The number of hydrogen-bond donors (Lipinski definition) is 1. The van der Waals surface area contributed by atoms with Gasteiger partial charge in [0.25, 0.3) is 0 Å². The Morgan fingerprint density at radius 2 is 1.85 bits per heavy atom. The zero-order valence-electron chi connectivity index (χ0n) is 11.0. The fourth-order valence-electron chi connectivity index (χ4n) is 2.46. The van der Waals surface area contributed by atoms with Crippen molar-refractivity contribution in [2.75, 3.05) is 26.2 Å². The van der Waals surface area contributed by atoms with Crippen molar-refractivity contribution in [3.05, 3.63) is 34.3 Å². The van der Waals surface area contributed by atoms with E-state index in [9.17, 15) is 13.2 Å². The Kier molecular flexibility index (Phi) is 6.13. The highest BCUT2D eigenvalue weighted by molar-refractivity contribution is 6.31. The van der Waals surface area contributed by atoms with Crippen LogP contribution in [0.5, 0.6) is 0 Å². The van der Waals surface area contributed by atoms with Crippen LogP contribution in [-0.4, -0.2) is 31.1 Å². The Hall–Kier alpha value is -0.490. The molecular weight excluding hydrogens is 312 g/mol. The number of benzene rings is 1. The summed E-state index contributed by atoms with van der Waals surface area (Å²) in [7, 11) is 0. The second-order valence-corrected chi connectivity index (χ2v) is 5.07. The van der Waals surface area contributed by atoms with Crippen molar-refractivity contribution in [1.29, 1.82) is 0 Å². The molecule has 0 amide bonds. The van der Waals surface area contributed by atoms with E-state index in [0.29, 0.717) is 0 Å². The summed E-state index contributed by atoms with van der Waals surface area (Å²) < 4.78 is 39.2. The van der Waals surface area contributed by atoms with E-state index in [1.807, 2.05) is 4.90 Å². The molecular formula is C13H17Cl2F3N2. The maximum absolute atomic E-state index is 13.1.